The number of ether oxygens (including phenoxy) is 1. The first-order chi connectivity index (χ1) is 9.33. The van der Waals surface area contributed by atoms with Crippen molar-refractivity contribution >= 4 is 5.97 Å². The van der Waals surface area contributed by atoms with Crippen LogP contribution in [-0.4, -0.2) is 37.2 Å². The van der Waals surface area contributed by atoms with E-state index in [9.17, 15) is 4.79 Å². The lowest BCUT2D eigenvalue weighted by atomic mass is 9.97. The average Bonchev–Trinajstić information content (AvgIpc) is 2.36. The van der Waals surface area contributed by atoms with E-state index in [0.717, 1.165) is 13.1 Å². The molecular weight excluding hydrogens is 250 g/mol. The minimum absolute atomic E-state index is 0.146. The SMILES string of the molecule is CC(C)(C)C(=O)OCC[N+]1(C)/C=C/C=C\C=C/C=C/C1. The summed E-state index contributed by atoms with van der Waals surface area (Å²) in [7, 11) is 2.13. The van der Waals surface area contributed by atoms with Gasteiger partial charge in [0.2, 0.25) is 0 Å². The number of carbonyl (C=O) groups excluding carboxylic acids is 1. The molecule has 0 saturated heterocycles. The van der Waals surface area contributed by atoms with Crippen molar-refractivity contribution in [2.45, 2.75) is 20.8 Å². The topological polar surface area (TPSA) is 26.3 Å². The molecule has 1 heterocycles. The van der Waals surface area contributed by atoms with E-state index in [4.69, 9.17) is 4.74 Å². The van der Waals surface area contributed by atoms with Gasteiger partial charge in [-0.1, -0.05) is 30.4 Å². The summed E-state index contributed by atoms with van der Waals surface area (Å²) in [5.41, 5.74) is -0.437. The molecule has 0 N–H and O–H groups in total. The highest BCUT2D eigenvalue weighted by Crippen LogP contribution is 2.15. The monoisotopic (exact) mass is 276 g/mol. The van der Waals surface area contributed by atoms with E-state index < -0.39 is 5.41 Å². The summed E-state index contributed by atoms with van der Waals surface area (Å²) in [6.07, 6.45) is 16.4. The number of hydrogen-bond acceptors (Lipinski definition) is 2. The molecule has 1 unspecified atom stereocenters. The van der Waals surface area contributed by atoms with Gasteiger partial charge in [-0.05, 0) is 32.9 Å². The number of esters is 1. The van der Waals surface area contributed by atoms with Gasteiger partial charge < -0.3 is 4.74 Å². The van der Waals surface area contributed by atoms with Crippen molar-refractivity contribution in [3.05, 3.63) is 48.7 Å². The van der Waals surface area contributed by atoms with E-state index >= 15 is 0 Å². The summed E-state index contributed by atoms with van der Waals surface area (Å²) in [5.74, 6) is -0.146. The van der Waals surface area contributed by atoms with E-state index in [-0.39, 0.29) is 5.97 Å². The van der Waals surface area contributed by atoms with Gasteiger partial charge in [-0.15, -0.1) is 0 Å². The second-order valence-corrected chi connectivity index (χ2v) is 6.31. The summed E-state index contributed by atoms with van der Waals surface area (Å²) < 4.78 is 6.07. The van der Waals surface area contributed by atoms with Crippen molar-refractivity contribution in [2.24, 2.45) is 5.41 Å². The third kappa shape index (κ3) is 6.02. The lowest BCUT2D eigenvalue weighted by Gasteiger charge is -2.29. The predicted octanol–water partition coefficient (Wildman–Crippen LogP) is 3.22. The Hall–Kier alpha value is -1.61. The number of rotatable bonds is 3. The van der Waals surface area contributed by atoms with Gasteiger partial charge in [-0.25, -0.2) is 0 Å². The maximum atomic E-state index is 11.8. The number of quaternary nitrogens is 1. The smallest absolute Gasteiger partial charge is 0.311 e. The van der Waals surface area contributed by atoms with Crippen LogP contribution in [0.1, 0.15) is 20.8 Å². The number of nitrogens with zero attached hydrogens (tertiary/aromatic N) is 1. The molecule has 1 aliphatic rings. The van der Waals surface area contributed by atoms with Crippen molar-refractivity contribution in [1.29, 1.82) is 0 Å². The molecule has 0 aromatic heterocycles. The number of likely N-dealkylation sites (N-methyl/N-ethyl adjacent to an activating group) is 1. The third-order valence-corrected chi connectivity index (χ3v) is 3.11. The molecule has 0 spiro atoms. The molecule has 0 aliphatic carbocycles. The molecule has 0 bridgehead atoms. The molecule has 0 radical (unpaired) electrons. The maximum Gasteiger partial charge on any atom is 0.311 e. The second-order valence-electron chi connectivity index (χ2n) is 6.31. The fraction of sp³-hybridized carbons (Fsp3) is 0.471. The van der Waals surface area contributed by atoms with Gasteiger partial charge in [0.1, 0.15) is 19.7 Å². The normalized spacial score (nSPS) is 29.2. The van der Waals surface area contributed by atoms with Gasteiger partial charge in [0.25, 0.3) is 0 Å². The third-order valence-electron chi connectivity index (χ3n) is 3.11. The van der Waals surface area contributed by atoms with Gasteiger partial charge in [0.05, 0.1) is 18.7 Å². The quantitative estimate of drug-likeness (QED) is 0.584. The zero-order valence-electron chi connectivity index (χ0n) is 13.0. The Morgan fingerprint density at radius 3 is 2.35 bits per heavy atom. The van der Waals surface area contributed by atoms with Crippen LogP contribution in [0.25, 0.3) is 0 Å². The second kappa shape index (κ2) is 7.25. The van der Waals surface area contributed by atoms with E-state index in [1.165, 1.54) is 0 Å². The van der Waals surface area contributed by atoms with Crippen molar-refractivity contribution in [2.75, 3.05) is 26.7 Å². The molecule has 110 valence electrons. The van der Waals surface area contributed by atoms with Gasteiger partial charge in [-0.3, -0.25) is 9.28 Å². The fourth-order valence-electron chi connectivity index (χ4n) is 1.68. The van der Waals surface area contributed by atoms with Crippen LogP contribution in [0.15, 0.2) is 48.7 Å². The Kier molecular flexibility index (Phi) is 5.96. The highest BCUT2D eigenvalue weighted by molar-refractivity contribution is 5.75. The van der Waals surface area contributed by atoms with E-state index in [1.807, 2.05) is 57.2 Å². The Bertz CT molecular complexity index is 438. The Morgan fingerprint density at radius 2 is 1.70 bits per heavy atom. The Labute approximate surface area is 122 Å². The first kappa shape index (κ1) is 16.4. The fourth-order valence-corrected chi connectivity index (χ4v) is 1.68. The molecule has 1 atom stereocenters. The van der Waals surface area contributed by atoms with Gasteiger partial charge in [0.15, 0.2) is 0 Å². The van der Waals surface area contributed by atoms with Gasteiger partial charge in [-0.2, -0.15) is 0 Å². The Balaban J connectivity index is 2.57. The predicted molar refractivity (Wildman–Crippen MR) is 82.9 cm³/mol. The molecule has 0 aromatic carbocycles. The van der Waals surface area contributed by atoms with Crippen LogP contribution in [0.5, 0.6) is 0 Å². The van der Waals surface area contributed by atoms with Crippen molar-refractivity contribution in [3.8, 4) is 0 Å². The van der Waals surface area contributed by atoms with E-state index in [2.05, 4.69) is 19.3 Å². The van der Waals surface area contributed by atoms with Crippen molar-refractivity contribution in [3.63, 3.8) is 0 Å². The lowest BCUT2D eigenvalue weighted by Crippen LogP contribution is -2.42. The van der Waals surface area contributed by atoms with E-state index in [0.29, 0.717) is 11.1 Å². The van der Waals surface area contributed by atoms with Gasteiger partial charge in [0, 0.05) is 0 Å². The minimum Gasteiger partial charge on any atom is -0.459 e. The molecule has 0 saturated carbocycles. The number of hydrogen-bond donors (Lipinski definition) is 0. The van der Waals surface area contributed by atoms with Crippen LogP contribution < -0.4 is 0 Å². The molecule has 3 heteroatoms. The van der Waals surface area contributed by atoms with Gasteiger partial charge >= 0.3 is 5.97 Å². The van der Waals surface area contributed by atoms with Crippen LogP contribution in [-0.2, 0) is 9.53 Å². The molecule has 0 amide bonds. The molecule has 20 heavy (non-hydrogen) atoms. The van der Waals surface area contributed by atoms with E-state index in [1.54, 1.807) is 0 Å². The number of allylic oxidation sites excluding steroid dienone is 6. The summed E-state index contributed by atoms with van der Waals surface area (Å²) in [6, 6.07) is 0. The zero-order valence-corrected chi connectivity index (χ0v) is 13.0. The highest BCUT2D eigenvalue weighted by atomic mass is 16.5. The highest BCUT2D eigenvalue weighted by Gasteiger charge is 2.24. The zero-order chi connectivity index (χ0) is 15.1. The Morgan fingerprint density at radius 1 is 1.10 bits per heavy atom. The maximum absolute atomic E-state index is 11.8. The first-order valence-corrected chi connectivity index (χ1v) is 7.03. The molecule has 1 rings (SSSR count). The van der Waals surface area contributed by atoms with Crippen LogP contribution in [0.3, 0.4) is 0 Å². The summed E-state index contributed by atoms with van der Waals surface area (Å²) in [6.45, 7) is 7.69. The minimum atomic E-state index is -0.437. The van der Waals surface area contributed by atoms with Crippen molar-refractivity contribution in [1.82, 2.24) is 0 Å². The summed E-state index contributed by atoms with van der Waals surface area (Å²) >= 11 is 0. The van der Waals surface area contributed by atoms with Crippen molar-refractivity contribution < 1.29 is 14.0 Å². The standard InChI is InChI=1S/C17H26NO2/c1-17(2,3)16(19)20-15-14-18(4)12-10-8-6-5-7-9-11-13-18/h5-12H,13-15H2,1-4H3/q+1/b7-5-,8-6-,11-9+,12-10+. The van der Waals surface area contributed by atoms with Crippen LogP contribution in [0.2, 0.25) is 0 Å². The molecule has 0 aromatic rings. The summed E-state index contributed by atoms with van der Waals surface area (Å²) in [5, 5.41) is 0. The molecular formula is C17H26NO2+. The largest absolute Gasteiger partial charge is 0.459 e. The lowest BCUT2D eigenvalue weighted by molar-refractivity contribution is -0.853. The molecule has 3 nitrogen and oxygen atoms in total. The average molecular weight is 276 g/mol. The molecule has 1 aliphatic heterocycles. The van der Waals surface area contributed by atoms with Crippen LogP contribution in [0, 0.1) is 5.41 Å². The van der Waals surface area contributed by atoms with Crippen LogP contribution >= 0.6 is 0 Å². The number of carbonyl (C=O) groups is 1. The molecule has 0 fully saturated rings. The van der Waals surface area contributed by atoms with Crippen LogP contribution in [0.4, 0.5) is 0 Å². The first-order valence-electron chi connectivity index (χ1n) is 7.03. The summed E-state index contributed by atoms with van der Waals surface area (Å²) in [4.78, 5) is 11.8.